The average Bonchev–Trinajstić information content (AvgIpc) is 3.34. The fourth-order valence-corrected chi connectivity index (χ4v) is 6.29. The zero-order valence-electron chi connectivity index (χ0n) is 24.1. The second-order valence-electron chi connectivity index (χ2n) is 10.3. The minimum absolute atomic E-state index is 0.250. The van der Waals surface area contributed by atoms with Crippen LogP contribution in [0.4, 0.5) is 17.1 Å². The number of allylic oxidation sites excluding steroid dienone is 2. The minimum atomic E-state index is -1.10. The lowest BCUT2D eigenvalue weighted by Crippen LogP contribution is -2.33. The summed E-state index contributed by atoms with van der Waals surface area (Å²) in [4.78, 5) is 27.3. The predicted octanol–water partition coefficient (Wildman–Crippen LogP) is 9.33. The van der Waals surface area contributed by atoms with Gasteiger partial charge in [-0.05, 0) is 70.3 Å². The first-order valence-corrected chi connectivity index (χ1v) is 15.5. The number of carboxylic acid groups (broad SMARTS) is 1. The molecule has 1 fully saturated rings. The van der Waals surface area contributed by atoms with Crippen LogP contribution in [0.25, 0.3) is 28.3 Å². The van der Waals surface area contributed by atoms with Gasteiger partial charge in [0.2, 0.25) is 0 Å². The van der Waals surface area contributed by atoms with E-state index in [0.29, 0.717) is 4.91 Å². The van der Waals surface area contributed by atoms with Crippen LogP contribution >= 0.6 is 24.0 Å². The molecule has 0 bridgehead atoms. The van der Waals surface area contributed by atoms with Crippen LogP contribution in [0.1, 0.15) is 5.56 Å². The molecular weight excluding hydrogens is 597 g/mol. The summed E-state index contributed by atoms with van der Waals surface area (Å²) >= 11 is 6.28. The van der Waals surface area contributed by atoms with Gasteiger partial charge in [0.05, 0.1) is 4.91 Å². The third-order valence-corrected chi connectivity index (χ3v) is 8.72. The molecule has 0 radical (unpaired) electrons. The average molecular weight is 625 g/mol. The van der Waals surface area contributed by atoms with Gasteiger partial charge >= 0.3 is 5.97 Å². The van der Waals surface area contributed by atoms with Gasteiger partial charge in [0.1, 0.15) is 10.9 Å². The van der Waals surface area contributed by atoms with Crippen LogP contribution in [0.15, 0.2) is 151 Å². The zero-order chi connectivity index (χ0) is 31.2. The zero-order valence-corrected chi connectivity index (χ0v) is 25.7. The molecule has 5 aromatic rings. The highest BCUT2D eigenvalue weighted by atomic mass is 32.2. The van der Waals surface area contributed by atoms with Gasteiger partial charge in [0.15, 0.2) is 0 Å². The molecule has 0 aromatic heterocycles. The standard InChI is InChI=1S/C38H28N2O3S2/c41-36(42)26-39-37(43)35(45-38(39)44)13-7-8-27-14-20-32(21-15-27)40(33-22-16-30(17-23-33)28-9-3-1-4-10-28)34-24-18-31(19-25-34)29-11-5-2-6-12-29/h1-25H,26H2,(H,41,42). The molecule has 0 unspecified atom stereocenters. The largest absolute Gasteiger partial charge is 0.480 e. The summed E-state index contributed by atoms with van der Waals surface area (Å²) in [5, 5.41) is 9.05. The molecule has 0 spiro atoms. The Hall–Kier alpha value is -5.24. The molecule has 5 nitrogen and oxygen atoms in total. The van der Waals surface area contributed by atoms with Gasteiger partial charge < -0.3 is 10.0 Å². The fourth-order valence-electron chi connectivity index (χ4n) is 5.08. The third kappa shape index (κ3) is 6.96. The smallest absolute Gasteiger partial charge is 0.323 e. The normalized spacial score (nSPS) is 14.0. The lowest BCUT2D eigenvalue weighted by atomic mass is 10.0. The molecule has 1 aliphatic heterocycles. The number of carbonyl (C=O) groups excluding carboxylic acids is 1. The Labute approximate surface area is 271 Å². The van der Waals surface area contributed by atoms with Crippen LogP contribution in [-0.2, 0) is 9.59 Å². The molecule has 5 aromatic carbocycles. The lowest BCUT2D eigenvalue weighted by molar-refractivity contribution is -0.140. The number of hydrogen-bond donors (Lipinski definition) is 1. The topological polar surface area (TPSA) is 60.9 Å². The van der Waals surface area contributed by atoms with E-state index >= 15 is 0 Å². The van der Waals surface area contributed by atoms with Crippen LogP contribution in [0, 0.1) is 0 Å². The second kappa shape index (κ2) is 13.6. The Morgan fingerprint density at radius 1 is 0.689 bits per heavy atom. The highest BCUT2D eigenvalue weighted by Gasteiger charge is 2.32. The summed E-state index contributed by atoms with van der Waals surface area (Å²) in [5.74, 6) is -1.49. The molecule has 1 aliphatic rings. The maximum atomic E-state index is 12.5. The molecule has 7 heteroatoms. The van der Waals surface area contributed by atoms with E-state index in [1.165, 1.54) is 11.1 Å². The number of thioether (sulfide) groups is 1. The maximum Gasteiger partial charge on any atom is 0.323 e. The Morgan fingerprint density at radius 2 is 1.13 bits per heavy atom. The first kappa shape index (κ1) is 29.8. The van der Waals surface area contributed by atoms with E-state index in [1.807, 2.05) is 54.6 Å². The summed E-state index contributed by atoms with van der Waals surface area (Å²) in [6, 6.07) is 46.0. The highest BCUT2D eigenvalue weighted by molar-refractivity contribution is 8.26. The Balaban J connectivity index is 1.27. The third-order valence-electron chi connectivity index (χ3n) is 7.32. The Bertz CT molecular complexity index is 1800. The molecule has 1 heterocycles. The van der Waals surface area contributed by atoms with E-state index < -0.39 is 12.5 Å². The number of hydrogen-bond acceptors (Lipinski definition) is 5. The van der Waals surface area contributed by atoms with Crippen LogP contribution in [0.3, 0.4) is 0 Å². The van der Waals surface area contributed by atoms with Crippen molar-refractivity contribution in [1.29, 1.82) is 0 Å². The lowest BCUT2D eigenvalue weighted by Gasteiger charge is -2.26. The van der Waals surface area contributed by atoms with Crippen molar-refractivity contribution in [2.75, 3.05) is 11.4 Å². The highest BCUT2D eigenvalue weighted by Crippen LogP contribution is 2.37. The van der Waals surface area contributed by atoms with E-state index in [2.05, 4.69) is 89.8 Å². The van der Waals surface area contributed by atoms with Crippen LogP contribution in [0.5, 0.6) is 0 Å². The second-order valence-corrected chi connectivity index (χ2v) is 12.0. The maximum absolute atomic E-state index is 12.5. The van der Waals surface area contributed by atoms with Gasteiger partial charge in [0, 0.05) is 17.1 Å². The number of carboxylic acids is 1. The van der Waals surface area contributed by atoms with E-state index in [0.717, 1.165) is 50.4 Å². The minimum Gasteiger partial charge on any atom is -0.480 e. The van der Waals surface area contributed by atoms with Crippen molar-refractivity contribution in [1.82, 2.24) is 4.90 Å². The molecule has 0 aliphatic carbocycles. The monoisotopic (exact) mass is 624 g/mol. The van der Waals surface area contributed by atoms with Crippen molar-refractivity contribution in [3.63, 3.8) is 0 Å². The van der Waals surface area contributed by atoms with E-state index in [-0.39, 0.29) is 10.2 Å². The van der Waals surface area contributed by atoms with Gasteiger partial charge in [-0.25, -0.2) is 0 Å². The van der Waals surface area contributed by atoms with Gasteiger partial charge in [-0.1, -0.05) is 133 Å². The summed E-state index contributed by atoms with van der Waals surface area (Å²) in [6.07, 6.45) is 5.36. The van der Waals surface area contributed by atoms with Crippen molar-refractivity contribution >= 4 is 63.3 Å². The number of anilines is 3. The van der Waals surface area contributed by atoms with Gasteiger partial charge in [-0.3, -0.25) is 14.5 Å². The number of amides is 1. The summed E-state index contributed by atoms with van der Waals surface area (Å²) < 4.78 is 0.250. The summed E-state index contributed by atoms with van der Waals surface area (Å²) in [5.41, 5.74) is 8.67. The van der Waals surface area contributed by atoms with Crippen LogP contribution < -0.4 is 4.90 Å². The molecule has 1 N–H and O–H groups in total. The first-order chi connectivity index (χ1) is 22.0. The Morgan fingerprint density at radius 3 is 1.60 bits per heavy atom. The summed E-state index contributed by atoms with van der Waals surface area (Å²) in [7, 11) is 0. The fraction of sp³-hybridized carbons (Fsp3) is 0.0263. The predicted molar refractivity (Wildman–Crippen MR) is 189 cm³/mol. The molecule has 0 saturated carbocycles. The van der Waals surface area contributed by atoms with E-state index in [4.69, 9.17) is 17.3 Å². The summed E-state index contributed by atoms with van der Waals surface area (Å²) in [6.45, 7) is -0.437. The SMILES string of the molecule is O=C(O)CN1C(=O)C(=CC=Cc2ccc(N(c3ccc(-c4ccccc4)cc3)c3ccc(-c4ccccc4)cc3)cc2)SC1=S. The number of nitrogens with zero attached hydrogens (tertiary/aromatic N) is 2. The van der Waals surface area contributed by atoms with Crippen molar-refractivity contribution in [3.05, 3.63) is 156 Å². The number of carbonyl (C=O) groups is 2. The number of benzene rings is 5. The quantitative estimate of drug-likeness (QED) is 0.130. The van der Waals surface area contributed by atoms with Crippen molar-refractivity contribution in [3.8, 4) is 22.3 Å². The van der Waals surface area contributed by atoms with Gasteiger partial charge in [-0.15, -0.1) is 0 Å². The number of thiocarbonyl (C=S) groups is 1. The Kier molecular flexibility index (Phi) is 9.01. The first-order valence-electron chi connectivity index (χ1n) is 14.3. The van der Waals surface area contributed by atoms with E-state index in [1.54, 1.807) is 12.2 Å². The van der Waals surface area contributed by atoms with Crippen LogP contribution in [-0.4, -0.2) is 32.7 Å². The molecule has 45 heavy (non-hydrogen) atoms. The molecule has 1 amide bonds. The molecule has 6 rings (SSSR count). The van der Waals surface area contributed by atoms with Crippen molar-refractivity contribution < 1.29 is 14.7 Å². The van der Waals surface area contributed by atoms with Crippen molar-refractivity contribution in [2.24, 2.45) is 0 Å². The van der Waals surface area contributed by atoms with Crippen LogP contribution in [0.2, 0.25) is 0 Å². The van der Waals surface area contributed by atoms with Gasteiger partial charge in [-0.2, -0.15) is 0 Å². The molecular formula is C38H28N2O3S2. The number of rotatable bonds is 9. The van der Waals surface area contributed by atoms with Gasteiger partial charge in [0.25, 0.3) is 5.91 Å². The molecule has 0 atom stereocenters. The molecule has 1 saturated heterocycles. The van der Waals surface area contributed by atoms with E-state index in [9.17, 15) is 9.59 Å². The van der Waals surface area contributed by atoms with Crippen molar-refractivity contribution in [2.45, 2.75) is 0 Å². The number of aliphatic carboxylic acids is 1. The molecule has 220 valence electrons.